The minimum Gasteiger partial charge on any atom is -0.300 e. The van der Waals surface area contributed by atoms with Crippen LogP contribution in [0.25, 0.3) is 0 Å². The lowest BCUT2D eigenvalue weighted by atomic mass is 9.89. The van der Waals surface area contributed by atoms with Gasteiger partial charge in [-0.1, -0.05) is 56.5 Å². The van der Waals surface area contributed by atoms with Crippen LogP contribution in [0.3, 0.4) is 0 Å². The highest BCUT2D eigenvalue weighted by Gasteiger charge is 2.14. The molecular formula is C18H26O2. The Hall–Kier alpha value is -1.44. The Morgan fingerprint density at radius 1 is 1.05 bits per heavy atom. The van der Waals surface area contributed by atoms with Crippen molar-refractivity contribution >= 4 is 11.6 Å². The van der Waals surface area contributed by atoms with Crippen LogP contribution in [-0.4, -0.2) is 11.6 Å². The number of unbranched alkanes of at least 4 members (excludes halogenated alkanes) is 1. The number of benzene rings is 1. The van der Waals surface area contributed by atoms with Gasteiger partial charge in [-0.3, -0.25) is 4.79 Å². The number of rotatable bonds is 10. The van der Waals surface area contributed by atoms with Gasteiger partial charge in [0.25, 0.3) is 0 Å². The van der Waals surface area contributed by atoms with E-state index in [1.807, 2.05) is 30.3 Å². The van der Waals surface area contributed by atoms with Crippen molar-refractivity contribution in [1.82, 2.24) is 0 Å². The average molecular weight is 274 g/mol. The van der Waals surface area contributed by atoms with Crippen LogP contribution >= 0.6 is 0 Å². The van der Waals surface area contributed by atoms with Crippen LogP contribution in [0.4, 0.5) is 0 Å². The molecule has 1 aromatic rings. The smallest absolute Gasteiger partial charge is 0.163 e. The Morgan fingerprint density at radius 2 is 1.75 bits per heavy atom. The van der Waals surface area contributed by atoms with Crippen molar-refractivity contribution in [3.63, 3.8) is 0 Å². The van der Waals surface area contributed by atoms with Gasteiger partial charge in [0.2, 0.25) is 0 Å². The Labute approximate surface area is 122 Å². The van der Waals surface area contributed by atoms with Gasteiger partial charge in [0.1, 0.15) is 5.78 Å². The highest BCUT2D eigenvalue weighted by Crippen LogP contribution is 2.21. The van der Waals surface area contributed by atoms with Crippen molar-refractivity contribution in [1.29, 1.82) is 0 Å². The topological polar surface area (TPSA) is 34.1 Å². The summed E-state index contributed by atoms with van der Waals surface area (Å²) in [6, 6.07) is 9.54. The normalized spacial score (nSPS) is 12.1. The maximum atomic E-state index is 12.2. The molecule has 0 N–H and O–H groups in total. The van der Waals surface area contributed by atoms with Crippen LogP contribution in [-0.2, 0) is 4.79 Å². The molecule has 0 spiro atoms. The van der Waals surface area contributed by atoms with Crippen LogP contribution in [0.5, 0.6) is 0 Å². The second-order valence-corrected chi connectivity index (χ2v) is 5.60. The molecule has 0 saturated carbocycles. The number of Topliss-reactive ketones (excluding diaryl/α,β-unsaturated/α-hetero) is 2. The van der Waals surface area contributed by atoms with E-state index < -0.39 is 0 Å². The van der Waals surface area contributed by atoms with Crippen LogP contribution in [0.15, 0.2) is 30.3 Å². The van der Waals surface area contributed by atoms with Crippen molar-refractivity contribution in [3.05, 3.63) is 35.9 Å². The molecule has 0 aliphatic heterocycles. The first-order valence-electron chi connectivity index (χ1n) is 7.71. The standard InChI is InChI=1S/C18H26O2/c1-3-9-16(11-8-7-10-15(2)19)14-18(20)17-12-5-4-6-13-17/h4-6,12-13,16H,3,7-11,14H2,1-2H3. The van der Waals surface area contributed by atoms with E-state index in [4.69, 9.17) is 0 Å². The molecule has 0 fully saturated rings. The largest absolute Gasteiger partial charge is 0.300 e. The summed E-state index contributed by atoms with van der Waals surface area (Å²) < 4.78 is 0. The van der Waals surface area contributed by atoms with Crippen LogP contribution in [0.2, 0.25) is 0 Å². The Kier molecular flexibility index (Phi) is 7.86. The second kappa shape index (κ2) is 9.46. The fourth-order valence-electron chi connectivity index (χ4n) is 2.57. The zero-order valence-corrected chi connectivity index (χ0v) is 12.7. The molecule has 0 aromatic heterocycles. The van der Waals surface area contributed by atoms with Gasteiger partial charge >= 0.3 is 0 Å². The zero-order valence-electron chi connectivity index (χ0n) is 12.7. The van der Waals surface area contributed by atoms with Crippen molar-refractivity contribution < 1.29 is 9.59 Å². The molecule has 0 saturated heterocycles. The summed E-state index contributed by atoms with van der Waals surface area (Å²) in [5.74, 6) is 0.965. The lowest BCUT2D eigenvalue weighted by Gasteiger charge is -2.15. The average Bonchev–Trinajstić information content (AvgIpc) is 2.44. The van der Waals surface area contributed by atoms with E-state index in [9.17, 15) is 9.59 Å². The zero-order chi connectivity index (χ0) is 14.8. The number of ketones is 2. The monoisotopic (exact) mass is 274 g/mol. The van der Waals surface area contributed by atoms with Gasteiger partial charge < -0.3 is 4.79 Å². The van der Waals surface area contributed by atoms with Gasteiger partial charge in [0, 0.05) is 18.4 Å². The number of carbonyl (C=O) groups excluding carboxylic acids is 2. The molecule has 0 heterocycles. The first kappa shape index (κ1) is 16.6. The van der Waals surface area contributed by atoms with E-state index in [2.05, 4.69) is 6.92 Å². The van der Waals surface area contributed by atoms with E-state index in [-0.39, 0.29) is 11.6 Å². The maximum absolute atomic E-state index is 12.2. The van der Waals surface area contributed by atoms with Crippen molar-refractivity contribution in [2.45, 2.75) is 58.8 Å². The highest BCUT2D eigenvalue weighted by molar-refractivity contribution is 5.96. The van der Waals surface area contributed by atoms with Gasteiger partial charge in [-0.05, 0) is 25.7 Å². The van der Waals surface area contributed by atoms with Gasteiger partial charge in [-0.15, -0.1) is 0 Å². The van der Waals surface area contributed by atoms with E-state index in [0.717, 1.165) is 37.7 Å². The quantitative estimate of drug-likeness (QED) is 0.452. The highest BCUT2D eigenvalue weighted by atomic mass is 16.1. The molecular weight excluding hydrogens is 248 g/mol. The fraction of sp³-hybridized carbons (Fsp3) is 0.556. The van der Waals surface area contributed by atoms with Gasteiger partial charge in [0.05, 0.1) is 0 Å². The predicted molar refractivity (Wildman–Crippen MR) is 82.9 cm³/mol. The minimum atomic E-state index is 0.246. The molecule has 20 heavy (non-hydrogen) atoms. The first-order chi connectivity index (χ1) is 9.63. The molecule has 0 bridgehead atoms. The predicted octanol–water partition coefficient (Wildman–Crippen LogP) is 4.83. The lowest BCUT2D eigenvalue weighted by Crippen LogP contribution is -2.09. The summed E-state index contributed by atoms with van der Waals surface area (Å²) in [5.41, 5.74) is 0.817. The SMILES string of the molecule is CCCC(CCCCC(C)=O)CC(=O)c1ccccc1. The Balaban J connectivity index is 2.41. The summed E-state index contributed by atoms with van der Waals surface area (Å²) in [6.07, 6.45) is 6.57. The number of carbonyl (C=O) groups is 2. The molecule has 1 rings (SSSR count). The lowest BCUT2D eigenvalue weighted by molar-refractivity contribution is -0.117. The third kappa shape index (κ3) is 6.65. The molecule has 0 radical (unpaired) electrons. The summed E-state index contributed by atoms with van der Waals surface area (Å²) >= 11 is 0. The van der Waals surface area contributed by atoms with E-state index in [1.165, 1.54) is 0 Å². The summed E-state index contributed by atoms with van der Waals surface area (Å²) in [4.78, 5) is 23.1. The van der Waals surface area contributed by atoms with E-state index >= 15 is 0 Å². The van der Waals surface area contributed by atoms with Gasteiger partial charge in [-0.25, -0.2) is 0 Å². The van der Waals surface area contributed by atoms with Crippen molar-refractivity contribution in [2.24, 2.45) is 5.92 Å². The Bertz CT molecular complexity index is 409. The van der Waals surface area contributed by atoms with Crippen LogP contribution in [0.1, 0.15) is 69.2 Å². The van der Waals surface area contributed by atoms with E-state index in [0.29, 0.717) is 18.8 Å². The molecule has 0 aliphatic carbocycles. The summed E-state index contributed by atoms with van der Waals surface area (Å²) in [7, 11) is 0. The molecule has 110 valence electrons. The van der Waals surface area contributed by atoms with Gasteiger partial charge in [-0.2, -0.15) is 0 Å². The molecule has 0 amide bonds. The number of hydrogen-bond donors (Lipinski definition) is 0. The number of hydrogen-bond acceptors (Lipinski definition) is 2. The summed E-state index contributed by atoms with van der Waals surface area (Å²) in [5, 5.41) is 0. The maximum Gasteiger partial charge on any atom is 0.163 e. The molecule has 1 atom stereocenters. The second-order valence-electron chi connectivity index (χ2n) is 5.60. The van der Waals surface area contributed by atoms with Gasteiger partial charge in [0.15, 0.2) is 5.78 Å². The minimum absolute atomic E-state index is 0.246. The fourth-order valence-corrected chi connectivity index (χ4v) is 2.57. The molecule has 2 nitrogen and oxygen atoms in total. The third-order valence-corrected chi connectivity index (χ3v) is 3.66. The van der Waals surface area contributed by atoms with Crippen LogP contribution < -0.4 is 0 Å². The summed E-state index contributed by atoms with van der Waals surface area (Å²) in [6.45, 7) is 3.80. The first-order valence-corrected chi connectivity index (χ1v) is 7.71. The molecule has 1 aromatic carbocycles. The molecule has 2 heteroatoms. The third-order valence-electron chi connectivity index (χ3n) is 3.66. The van der Waals surface area contributed by atoms with Crippen molar-refractivity contribution in [2.75, 3.05) is 0 Å². The van der Waals surface area contributed by atoms with Crippen molar-refractivity contribution in [3.8, 4) is 0 Å². The van der Waals surface area contributed by atoms with E-state index in [1.54, 1.807) is 6.92 Å². The van der Waals surface area contributed by atoms with Crippen LogP contribution in [0, 0.1) is 5.92 Å². The Morgan fingerprint density at radius 3 is 2.35 bits per heavy atom. The molecule has 1 unspecified atom stereocenters. The molecule has 0 aliphatic rings.